The van der Waals surface area contributed by atoms with Gasteiger partial charge in [0.05, 0.1) is 6.10 Å². The van der Waals surface area contributed by atoms with Gasteiger partial charge in [-0.3, -0.25) is 0 Å². The molecule has 1 amide bonds. The number of likely N-dealkylation sites (tertiary alicyclic amines) is 1. The van der Waals surface area contributed by atoms with E-state index in [-0.39, 0.29) is 30.3 Å². The van der Waals surface area contributed by atoms with E-state index in [0.717, 1.165) is 25.7 Å². The Balaban J connectivity index is 2.78. The molecule has 0 aliphatic carbocycles. The lowest BCUT2D eigenvalue weighted by molar-refractivity contribution is 0.0239. The minimum Gasteiger partial charge on any atom is -0.447 e. The van der Waals surface area contributed by atoms with Gasteiger partial charge in [0.2, 0.25) is 0 Å². The van der Waals surface area contributed by atoms with Crippen molar-refractivity contribution < 1.29 is 9.53 Å². The largest absolute Gasteiger partial charge is 0.447 e. The zero-order valence-corrected chi connectivity index (χ0v) is 11.5. The molecular formula is C13H26N2O2. The van der Waals surface area contributed by atoms with Crippen LogP contribution in [0.2, 0.25) is 0 Å². The molecule has 1 aliphatic heterocycles. The van der Waals surface area contributed by atoms with Crippen LogP contribution in [0.4, 0.5) is 4.79 Å². The summed E-state index contributed by atoms with van der Waals surface area (Å²) in [5.74, 6) is 0. The number of piperidine rings is 1. The third kappa shape index (κ3) is 3.60. The molecule has 0 aromatic carbocycles. The SMILES string of the molecule is CC[C@@H]1C[C@H](N)C[C@H](CC)N1C(=O)OC(C)C. The summed E-state index contributed by atoms with van der Waals surface area (Å²) in [6, 6.07) is 0.679. The molecule has 0 aromatic heterocycles. The Morgan fingerprint density at radius 1 is 1.29 bits per heavy atom. The molecule has 1 saturated heterocycles. The van der Waals surface area contributed by atoms with Gasteiger partial charge in [0.25, 0.3) is 0 Å². The average Bonchev–Trinajstić information content (AvgIpc) is 2.26. The Morgan fingerprint density at radius 2 is 1.76 bits per heavy atom. The van der Waals surface area contributed by atoms with E-state index in [2.05, 4.69) is 13.8 Å². The van der Waals surface area contributed by atoms with Gasteiger partial charge in [-0.15, -0.1) is 0 Å². The Kier molecular flexibility index (Phi) is 5.25. The molecular weight excluding hydrogens is 216 g/mol. The minimum atomic E-state index is -0.175. The number of amides is 1. The van der Waals surface area contributed by atoms with Crippen molar-refractivity contribution in [3.05, 3.63) is 0 Å². The summed E-state index contributed by atoms with van der Waals surface area (Å²) >= 11 is 0. The number of hydrogen-bond donors (Lipinski definition) is 1. The Labute approximate surface area is 104 Å². The van der Waals surface area contributed by atoms with Crippen LogP contribution < -0.4 is 5.73 Å². The highest BCUT2D eigenvalue weighted by Gasteiger charge is 2.36. The fourth-order valence-corrected chi connectivity index (χ4v) is 2.61. The van der Waals surface area contributed by atoms with Gasteiger partial charge in [0, 0.05) is 18.1 Å². The standard InChI is InChI=1S/C13H26N2O2/c1-5-11-7-10(14)8-12(6-2)15(11)13(16)17-9(3)4/h9-12H,5-8,14H2,1-4H3/t10-,11+,12-. The summed E-state index contributed by atoms with van der Waals surface area (Å²) in [5, 5.41) is 0. The van der Waals surface area contributed by atoms with Crippen LogP contribution in [0.5, 0.6) is 0 Å². The summed E-state index contributed by atoms with van der Waals surface area (Å²) in [4.78, 5) is 14.0. The van der Waals surface area contributed by atoms with Gasteiger partial charge in [-0.2, -0.15) is 0 Å². The van der Waals surface area contributed by atoms with Crippen molar-refractivity contribution in [2.24, 2.45) is 5.73 Å². The van der Waals surface area contributed by atoms with Crippen LogP contribution in [-0.4, -0.2) is 35.2 Å². The maximum atomic E-state index is 12.1. The Hall–Kier alpha value is -0.770. The van der Waals surface area contributed by atoms with Crippen LogP contribution in [0, 0.1) is 0 Å². The van der Waals surface area contributed by atoms with E-state index >= 15 is 0 Å². The van der Waals surface area contributed by atoms with Crippen molar-refractivity contribution in [2.75, 3.05) is 0 Å². The first kappa shape index (κ1) is 14.3. The van der Waals surface area contributed by atoms with E-state index in [1.165, 1.54) is 0 Å². The van der Waals surface area contributed by atoms with Gasteiger partial charge >= 0.3 is 6.09 Å². The maximum absolute atomic E-state index is 12.1. The third-order valence-electron chi connectivity index (χ3n) is 3.43. The number of carbonyl (C=O) groups excluding carboxylic acids is 1. The number of rotatable bonds is 3. The molecule has 17 heavy (non-hydrogen) atoms. The van der Waals surface area contributed by atoms with E-state index in [9.17, 15) is 4.79 Å². The smallest absolute Gasteiger partial charge is 0.410 e. The molecule has 1 rings (SSSR count). The van der Waals surface area contributed by atoms with E-state index < -0.39 is 0 Å². The molecule has 0 radical (unpaired) electrons. The number of carbonyl (C=O) groups is 1. The van der Waals surface area contributed by atoms with Crippen LogP contribution >= 0.6 is 0 Å². The first-order chi connectivity index (χ1) is 7.99. The molecule has 0 unspecified atom stereocenters. The molecule has 4 nitrogen and oxygen atoms in total. The van der Waals surface area contributed by atoms with Crippen molar-refractivity contribution in [3.63, 3.8) is 0 Å². The molecule has 4 heteroatoms. The van der Waals surface area contributed by atoms with Crippen LogP contribution in [0.15, 0.2) is 0 Å². The topological polar surface area (TPSA) is 55.6 Å². The Morgan fingerprint density at radius 3 is 2.12 bits per heavy atom. The zero-order chi connectivity index (χ0) is 13.0. The number of nitrogens with two attached hydrogens (primary N) is 1. The monoisotopic (exact) mass is 242 g/mol. The fourth-order valence-electron chi connectivity index (χ4n) is 2.61. The number of nitrogens with zero attached hydrogens (tertiary/aromatic N) is 1. The molecule has 1 fully saturated rings. The summed E-state index contributed by atoms with van der Waals surface area (Å²) in [6.07, 6.45) is 3.42. The van der Waals surface area contributed by atoms with E-state index in [1.807, 2.05) is 18.7 Å². The van der Waals surface area contributed by atoms with Gasteiger partial charge in [-0.1, -0.05) is 13.8 Å². The van der Waals surface area contributed by atoms with Gasteiger partial charge in [0.15, 0.2) is 0 Å². The summed E-state index contributed by atoms with van der Waals surface area (Å²) in [7, 11) is 0. The van der Waals surface area contributed by atoms with Gasteiger partial charge < -0.3 is 15.4 Å². The van der Waals surface area contributed by atoms with Crippen LogP contribution in [0.3, 0.4) is 0 Å². The van der Waals surface area contributed by atoms with Crippen LogP contribution in [-0.2, 0) is 4.74 Å². The highest BCUT2D eigenvalue weighted by molar-refractivity contribution is 5.69. The zero-order valence-electron chi connectivity index (χ0n) is 11.5. The molecule has 2 N–H and O–H groups in total. The van der Waals surface area contributed by atoms with Gasteiger partial charge in [0.1, 0.15) is 0 Å². The van der Waals surface area contributed by atoms with Crippen molar-refractivity contribution in [3.8, 4) is 0 Å². The van der Waals surface area contributed by atoms with Crippen molar-refractivity contribution in [1.29, 1.82) is 0 Å². The third-order valence-corrected chi connectivity index (χ3v) is 3.43. The lowest BCUT2D eigenvalue weighted by Crippen LogP contribution is -2.55. The second kappa shape index (κ2) is 6.24. The predicted octanol–water partition coefficient (Wildman–Crippen LogP) is 2.51. The van der Waals surface area contributed by atoms with E-state index in [0.29, 0.717) is 0 Å². The highest BCUT2D eigenvalue weighted by Crippen LogP contribution is 2.27. The molecule has 0 bridgehead atoms. The van der Waals surface area contributed by atoms with E-state index in [4.69, 9.17) is 10.5 Å². The second-order valence-electron chi connectivity index (χ2n) is 5.20. The van der Waals surface area contributed by atoms with E-state index in [1.54, 1.807) is 0 Å². The van der Waals surface area contributed by atoms with Crippen LogP contribution in [0.25, 0.3) is 0 Å². The lowest BCUT2D eigenvalue weighted by atomic mass is 9.89. The second-order valence-corrected chi connectivity index (χ2v) is 5.20. The predicted molar refractivity (Wildman–Crippen MR) is 68.8 cm³/mol. The molecule has 0 aromatic rings. The molecule has 100 valence electrons. The first-order valence-electron chi connectivity index (χ1n) is 6.74. The summed E-state index contributed by atoms with van der Waals surface area (Å²) in [6.45, 7) is 7.97. The summed E-state index contributed by atoms with van der Waals surface area (Å²) in [5.41, 5.74) is 6.05. The average molecular weight is 242 g/mol. The van der Waals surface area contributed by atoms with Gasteiger partial charge in [-0.25, -0.2) is 4.79 Å². The number of ether oxygens (including phenoxy) is 1. The molecule has 0 saturated carbocycles. The van der Waals surface area contributed by atoms with Crippen molar-refractivity contribution >= 4 is 6.09 Å². The summed E-state index contributed by atoms with van der Waals surface area (Å²) < 4.78 is 5.34. The minimum absolute atomic E-state index is 0.0619. The molecule has 0 spiro atoms. The quantitative estimate of drug-likeness (QED) is 0.827. The first-order valence-corrected chi connectivity index (χ1v) is 6.74. The van der Waals surface area contributed by atoms with Crippen molar-refractivity contribution in [2.45, 2.75) is 77.6 Å². The maximum Gasteiger partial charge on any atom is 0.410 e. The normalized spacial score (nSPS) is 29.5. The van der Waals surface area contributed by atoms with Crippen LogP contribution in [0.1, 0.15) is 53.4 Å². The molecule has 1 aliphatic rings. The number of hydrogen-bond acceptors (Lipinski definition) is 3. The van der Waals surface area contributed by atoms with Gasteiger partial charge in [-0.05, 0) is 39.5 Å². The van der Waals surface area contributed by atoms with Crippen molar-refractivity contribution in [1.82, 2.24) is 4.90 Å². The molecule has 1 heterocycles. The lowest BCUT2D eigenvalue weighted by Gasteiger charge is -2.43. The fraction of sp³-hybridized carbons (Fsp3) is 0.923. The Bertz CT molecular complexity index is 242. The highest BCUT2D eigenvalue weighted by atomic mass is 16.6. The molecule has 3 atom stereocenters.